The number of halogens is 1. The Bertz CT molecular complexity index is 646. The summed E-state index contributed by atoms with van der Waals surface area (Å²) in [6.07, 6.45) is 1.28. The number of benzene rings is 2. The van der Waals surface area contributed by atoms with Gasteiger partial charge < -0.3 is 19.4 Å². The normalized spacial score (nSPS) is 10.6. The molecule has 0 radical (unpaired) electrons. The van der Waals surface area contributed by atoms with Crippen LogP contribution in [-0.4, -0.2) is 31.7 Å². The summed E-state index contributed by atoms with van der Waals surface area (Å²) in [5, 5.41) is 12.3. The lowest BCUT2D eigenvalue weighted by Crippen LogP contribution is -2.11. The molecule has 116 valence electrons. The first kappa shape index (κ1) is 16.0. The van der Waals surface area contributed by atoms with E-state index in [1.165, 1.54) is 6.21 Å². The molecule has 0 aliphatic rings. The van der Waals surface area contributed by atoms with E-state index in [-0.39, 0.29) is 6.61 Å². The molecule has 0 unspecified atom stereocenters. The molecule has 0 bridgehead atoms. The van der Waals surface area contributed by atoms with Gasteiger partial charge in [-0.25, -0.2) is 0 Å². The largest absolute Gasteiger partial charge is 0.493 e. The lowest BCUT2D eigenvalue weighted by atomic mass is 10.2. The highest BCUT2D eigenvalue weighted by Crippen LogP contribution is 2.30. The summed E-state index contributed by atoms with van der Waals surface area (Å²) in [6, 6.07) is 12.5. The molecule has 2 aromatic carbocycles. The van der Waals surface area contributed by atoms with Crippen LogP contribution in [0.1, 0.15) is 5.56 Å². The fourth-order valence-electron chi connectivity index (χ4n) is 1.87. The van der Waals surface area contributed by atoms with Gasteiger partial charge in [0.15, 0.2) is 11.5 Å². The highest BCUT2D eigenvalue weighted by Gasteiger charge is 2.09. The third kappa shape index (κ3) is 4.05. The number of oxime groups is 1. The smallest absolute Gasteiger partial charge is 0.170 e. The molecule has 1 N–H and O–H groups in total. The summed E-state index contributed by atoms with van der Waals surface area (Å²) >= 11 is 6.00. The van der Waals surface area contributed by atoms with Crippen LogP contribution in [0.4, 0.5) is 0 Å². The first-order valence-corrected chi connectivity index (χ1v) is 6.98. The molecular weight excluding hydrogens is 306 g/mol. The van der Waals surface area contributed by atoms with E-state index in [0.29, 0.717) is 34.4 Å². The van der Waals surface area contributed by atoms with Gasteiger partial charge in [0, 0.05) is 5.56 Å². The van der Waals surface area contributed by atoms with Crippen molar-refractivity contribution in [2.45, 2.75) is 0 Å². The maximum absolute atomic E-state index is 8.69. The van der Waals surface area contributed by atoms with E-state index in [9.17, 15) is 0 Å². The summed E-state index contributed by atoms with van der Waals surface area (Å²) in [6.45, 7) is 0.607. The number of hydrogen-bond donors (Lipinski definition) is 1. The van der Waals surface area contributed by atoms with Crippen molar-refractivity contribution in [2.24, 2.45) is 5.16 Å². The first-order valence-electron chi connectivity index (χ1n) is 6.61. The highest BCUT2D eigenvalue weighted by molar-refractivity contribution is 6.32. The summed E-state index contributed by atoms with van der Waals surface area (Å²) in [5.74, 6) is 1.64. The van der Waals surface area contributed by atoms with E-state index in [1.54, 1.807) is 37.4 Å². The van der Waals surface area contributed by atoms with E-state index in [0.717, 1.165) is 0 Å². The molecule has 0 amide bonds. The molecule has 6 heteroatoms. The van der Waals surface area contributed by atoms with Crippen LogP contribution in [0, 0.1) is 0 Å². The number of hydrogen-bond acceptors (Lipinski definition) is 5. The quantitative estimate of drug-likeness (QED) is 0.366. The van der Waals surface area contributed by atoms with Crippen LogP contribution in [-0.2, 0) is 0 Å². The monoisotopic (exact) mass is 321 g/mol. The third-order valence-corrected chi connectivity index (χ3v) is 3.16. The number of methoxy groups -OCH3 is 1. The first-order chi connectivity index (χ1) is 10.8. The van der Waals surface area contributed by atoms with Crippen molar-refractivity contribution < 1.29 is 19.4 Å². The summed E-state index contributed by atoms with van der Waals surface area (Å²) in [7, 11) is 1.54. The second kappa shape index (κ2) is 8.14. The Hall–Kier alpha value is -2.40. The molecule has 0 saturated carbocycles. The number of ether oxygens (including phenoxy) is 3. The van der Waals surface area contributed by atoms with Crippen molar-refractivity contribution >= 4 is 17.8 Å². The SMILES string of the molecule is COc1cccc(/C=N/O)c1OCCOc1ccccc1Cl. The Kier molecular flexibility index (Phi) is 5.91. The van der Waals surface area contributed by atoms with Crippen molar-refractivity contribution in [2.75, 3.05) is 20.3 Å². The van der Waals surface area contributed by atoms with Gasteiger partial charge in [0.25, 0.3) is 0 Å². The lowest BCUT2D eigenvalue weighted by molar-refractivity contribution is 0.211. The molecule has 0 saturated heterocycles. The van der Waals surface area contributed by atoms with Crippen molar-refractivity contribution in [1.29, 1.82) is 0 Å². The van der Waals surface area contributed by atoms with Crippen LogP contribution in [0.5, 0.6) is 17.2 Å². The van der Waals surface area contributed by atoms with E-state index in [2.05, 4.69) is 5.16 Å². The average Bonchev–Trinajstić information content (AvgIpc) is 2.54. The van der Waals surface area contributed by atoms with E-state index < -0.39 is 0 Å². The van der Waals surface area contributed by atoms with E-state index >= 15 is 0 Å². The number of nitrogens with zero attached hydrogens (tertiary/aromatic N) is 1. The van der Waals surface area contributed by atoms with Crippen molar-refractivity contribution in [3.63, 3.8) is 0 Å². The average molecular weight is 322 g/mol. The predicted molar refractivity (Wildman–Crippen MR) is 84.8 cm³/mol. The van der Waals surface area contributed by atoms with Crippen LogP contribution < -0.4 is 14.2 Å². The standard InChI is InChI=1S/C16H16ClNO4/c1-20-15-8-4-5-12(11-18-19)16(15)22-10-9-21-14-7-3-2-6-13(14)17/h2-8,11,19H,9-10H2,1H3/b18-11+. The molecule has 0 fully saturated rings. The van der Waals surface area contributed by atoms with Gasteiger partial charge in [-0.15, -0.1) is 0 Å². The van der Waals surface area contributed by atoms with Gasteiger partial charge in [0.05, 0.1) is 18.3 Å². The van der Waals surface area contributed by atoms with Crippen LogP contribution >= 0.6 is 11.6 Å². The second-order valence-electron chi connectivity index (χ2n) is 4.25. The molecule has 0 aliphatic heterocycles. The third-order valence-electron chi connectivity index (χ3n) is 2.85. The Morgan fingerprint density at radius 1 is 1.05 bits per heavy atom. The van der Waals surface area contributed by atoms with Crippen molar-refractivity contribution in [1.82, 2.24) is 0 Å². The van der Waals surface area contributed by atoms with Gasteiger partial charge in [-0.2, -0.15) is 0 Å². The van der Waals surface area contributed by atoms with Crippen LogP contribution in [0.15, 0.2) is 47.6 Å². The molecule has 0 aliphatic carbocycles. The fraction of sp³-hybridized carbons (Fsp3) is 0.188. The zero-order valence-electron chi connectivity index (χ0n) is 12.0. The topological polar surface area (TPSA) is 60.3 Å². The van der Waals surface area contributed by atoms with Gasteiger partial charge >= 0.3 is 0 Å². The second-order valence-corrected chi connectivity index (χ2v) is 4.66. The highest BCUT2D eigenvalue weighted by atomic mass is 35.5. The molecule has 0 spiro atoms. The molecule has 5 nitrogen and oxygen atoms in total. The summed E-state index contributed by atoms with van der Waals surface area (Å²) < 4.78 is 16.5. The Morgan fingerprint density at radius 2 is 1.77 bits per heavy atom. The minimum Gasteiger partial charge on any atom is -0.493 e. The van der Waals surface area contributed by atoms with Gasteiger partial charge in [0.2, 0.25) is 0 Å². The van der Waals surface area contributed by atoms with Crippen LogP contribution in [0.2, 0.25) is 5.02 Å². The van der Waals surface area contributed by atoms with Crippen molar-refractivity contribution in [3.8, 4) is 17.2 Å². The fourth-order valence-corrected chi connectivity index (χ4v) is 2.06. The predicted octanol–water partition coefficient (Wildman–Crippen LogP) is 3.61. The molecule has 2 aromatic rings. The maximum atomic E-state index is 8.69. The van der Waals surface area contributed by atoms with E-state index in [1.807, 2.05) is 12.1 Å². The van der Waals surface area contributed by atoms with Gasteiger partial charge in [-0.05, 0) is 24.3 Å². The zero-order chi connectivity index (χ0) is 15.8. The molecule has 2 rings (SSSR count). The summed E-state index contributed by atoms with van der Waals surface area (Å²) in [5.41, 5.74) is 0.611. The number of rotatable bonds is 7. The molecular formula is C16H16ClNO4. The van der Waals surface area contributed by atoms with Crippen molar-refractivity contribution in [3.05, 3.63) is 53.1 Å². The molecule has 0 atom stereocenters. The Morgan fingerprint density at radius 3 is 2.50 bits per heavy atom. The lowest BCUT2D eigenvalue weighted by Gasteiger charge is -2.13. The Labute approximate surface area is 133 Å². The van der Waals surface area contributed by atoms with Gasteiger partial charge in [0.1, 0.15) is 19.0 Å². The maximum Gasteiger partial charge on any atom is 0.170 e. The number of para-hydroxylation sites is 2. The molecule has 0 heterocycles. The Balaban J connectivity index is 1.98. The molecule has 22 heavy (non-hydrogen) atoms. The minimum atomic E-state index is 0.290. The zero-order valence-corrected chi connectivity index (χ0v) is 12.8. The van der Waals surface area contributed by atoms with Gasteiger partial charge in [-0.3, -0.25) is 0 Å². The summed E-state index contributed by atoms with van der Waals surface area (Å²) in [4.78, 5) is 0. The van der Waals surface area contributed by atoms with Crippen LogP contribution in [0.3, 0.4) is 0 Å². The van der Waals surface area contributed by atoms with E-state index in [4.69, 9.17) is 31.0 Å². The van der Waals surface area contributed by atoms with Crippen LogP contribution in [0.25, 0.3) is 0 Å². The van der Waals surface area contributed by atoms with Gasteiger partial charge in [-0.1, -0.05) is 35.0 Å². The minimum absolute atomic E-state index is 0.290. The molecule has 0 aromatic heterocycles.